The first kappa shape index (κ1) is 10.4. The van der Waals surface area contributed by atoms with Crippen molar-refractivity contribution in [2.75, 3.05) is 34.4 Å². The molecule has 1 aliphatic rings. The topological polar surface area (TPSA) is 57.0 Å². The second kappa shape index (κ2) is 4.04. The molecule has 0 spiro atoms. The molecule has 1 N–H and O–H groups in total. The average molecular weight is 188 g/mol. The lowest BCUT2D eigenvalue weighted by molar-refractivity contribution is -0.871. The Kier molecular flexibility index (Phi) is 3.24. The summed E-state index contributed by atoms with van der Waals surface area (Å²) in [6.07, 6.45) is -0.817. The van der Waals surface area contributed by atoms with Gasteiger partial charge in [-0.1, -0.05) is 0 Å². The molecular weight excluding hydrogens is 172 g/mol. The first-order valence-corrected chi connectivity index (χ1v) is 4.31. The van der Waals surface area contributed by atoms with Gasteiger partial charge in [-0.3, -0.25) is 0 Å². The van der Waals surface area contributed by atoms with E-state index in [0.717, 1.165) is 13.2 Å². The van der Waals surface area contributed by atoms with Gasteiger partial charge >= 0.3 is 0 Å². The minimum absolute atomic E-state index is 0.0741. The predicted molar refractivity (Wildman–Crippen MR) is 44.0 cm³/mol. The molecule has 0 aliphatic carbocycles. The maximum Gasteiger partial charge on any atom is 0.133 e. The number of hydrogen-bond acceptors (Lipinski definition) is 4. The van der Waals surface area contributed by atoms with Crippen LogP contribution in [0.3, 0.4) is 0 Å². The Labute approximate surface area is 77.9 Å². The number of nitrogens with zero attached hydrogens (tertiary/aromatic N) is 1. The highest BCUT2D eigenvalue weighted by Gasteiger charge is 2.35. The number of rotatable bonds is 3. The Hall–Kier alpha value is -0.650. The number of carboxylic acid groups (broad SMARTS) is 1. The lowest BCUT2D eigenvalue weighted by Gasteiger charge is -2.25. The van der Waals surface area contributed by atoms with Gasteiger partial charge in [-0.05, 0) is 7.05 Å². The number of nitrogens with one attached hydrogen (secondary N) is 1. The summed E-state index contributed by atoms with van der Waals surface area (Å²) in [4.78, 5) is 14.0. The fourth-order valence-corrected chi connectivity index (χ4v) is 1.87. The van der Waals surface area contributed by atoms with Gasteiger partial charge in [0.05, 0.1) is 25.6 Å². The monoisotopic (exact) mass is 188 g/mol. The molecule has 0 aromatic rings. The highest BCUT2D eigenvalue weighted by Crippen LogP contribution is 2.05. The van der Waals surface area contributed by atoms with Gasteiger partial charge in [0.25, 0.3) is 0 Å². The number of likely N-dealkylation sites (N-methyl/N-ethyl adjacent to an activating group) is 2. The fraction of sp³-hybridized carbons (Fsp3) is 0.875. The van der Waals surface area contributed by atoms with Crippen molar-refractivity contribution in [2.45, 2.75) is 12.1 Å². The van der Waals surface area contributed by atoms with Crippen molar-refractivity contribution in [1.29, 1.82) is 0 Å². The minimum atomic E-state index is -1.13. The highest BCUT2D eigenvalue weighted by molar-refractivity contribution is 5.71. The Morgan fingerprint density at radius 1 is 1.77 bits per heavy atom. The van der Waals surface area contributed by atoms with Crippen LogP contribution in [0, 0.1) is 0 Å². The molecule has 76 valence electrons. The van der Waals surface area contributed by atoms with Gasteiger partial charge in [0, 0.05) is 7.11 Å². The second-order valence-electron chi connectivity index (χ2n) is 3.62. The first-order chi connectivity index (χ1) is 6.06. The largest absolute Gasteiger partial charge is 0.547 e. The van der Waals surface area contributed by atoms with Crippen LogP contribution >= 0.6 is 0 Å². The lowest BCUT2D eigenvalue weighted by Crippen LogP contribution is -3.07. The van der Waals surface area contributed by atoms with Crippen molar-refractivity contribution in [3.63, 3.8) is 0 Å². The van der Waals surface area contributed by atoms with E-state index in [2.05, 4.69) is 0 Å². The number of carbonyl (C=O) groups is 1. The Bertz CT molecular complexity index is 198. The highest BCUT2D eigenvalue weighted by atomic mass is 16.5. The summed E-state index contributed by atoms with van der Waals surface area (Å²) in [5.74, 6) is -1.13. The number of ether oxygens (including phenoxy) is 1. The number of carboxylic acids is 1. The molecule has 1 saturated heterocycles. The molecule has 0 aromatic carbocycles. The molecule has 13 heavy (non-hydrogen) atoms. The number of aliphatic carboxylic acids is 1. The van der Waals surface area contributed by atoms with Crippen molar-refractivity contribution in [2.24, 2.45) is 0 Å². The van der Waals surface area contributed by atoms with Gasteiger partial charge in [-0.25, -0.2) is 4.90 Å². The maximum atomic E-state index is 10.7. The van der Waals surface area contributed by atoms with Crippen molar-refractivity contribution >= 4 is 5.97 Å². The van der Waals surface area contributed by atoms with E-state index in [1.807, 2.05) is 19.0 Å². The molecule has 3 atom stereocenters. The van der Waals surface area contributed by atoms with E-state index in [1.165, 1.54) is 12.0 Å². The third kappa shape index (κ3) is 2.18. The molecule has 3 unspecified atom stereocenters. The summed E-state index contributed by atoms with van der Waals surface area (Å²) >= 11 is 0. The normalized spacial score (nSPS) is 31.9. The number of methoxy groups -OCH3 is 1. The molecular formula is C8H16N2O3. The van der Waals surface area contributed by atoms with E-state index in [-0.39, 0.29) is 6.04 Å². The summed E-state index contributed by atoms with van der Waals surface area (Å²) in [5, 5.41) is 10.7. The van der Waals surface area contributed by atoms with Crippen LogP contribution in [0.25, 0.3) is 0 Å². The van der Waals surface area contributed by atoms with Gasteiger partial charge in [-0.2, -0.15) is 0 Å². The van der Waals surface area contributed by atoms with E-state index in [0.29, 0.717) is 0 Å². The zero-order chi connectivity index (χ0) is 10.0. The van der Waals surface area contributed by atoms with Crippen molar-refractivity contribution in [3.8, 4) is 0 Å². The van der Waals surface area contributed by atoms with Crippen LogP contribution < -0.4 is 10.0 Å². The van der Waals surface area contributed by atoms with E-state index >= 15 is 0 Å². The van der Waals surface area contributed by atoms with Crippen LogP contribution in [0.1, 0.15) is 0 Å². The van der Waals surface area contributed by atoms with Gasteiger partial charge in [0.15, 0.2) is 0 Å². The lowest BCUT2D eigenvalue weighted by atomic mass is 10.1. The minimum Gasteiger partial charge on any atom is -0.547 e. The van der Waals surface area contributed by atoms with Gasteiger partial charge in [0.2, 0.25) is 0 Å². The molecule has 5 nitrogen and oxygen atoms in total. The second-order valence-corrected chi connectivity index (χ2v) is 3.62. The quantitative estimate of drug-likeness (QED) is 0.500. The number of quaternary nitrogens is 1. The molecule has 5 heteroatoms. The standard InChI is InChI=1S/C8H16N2O3/c1-9-4-6(10(2)5-9)7(13-3)8(11)12/h6-7H,4-5H2,1-3H3,(H,11,12). The summed E-state index contributed by atoms with van der Waals surface area (Å²) in [7, 11) is 5.33. The molecule has 0 bridgehead atoms. The van der Waals surface area contributed by atoms with Crippen LogP contribution in [0.5, 0.6) is 0 Å². The number of carbonyl (C=O) groups excluding carboxylic acids is 1. The molecule has 1 heterocycles. The molecule has 0 radical (unpaired) electrons. The smallest absolute Gasteiger partial charge is 0.133 e. The summed E-state index contributed by atoms with van der Waals surface area (Å²) in [6, 6.07) is -0.0741. The summed E-state index contributed by atoms with van der Waals surface area (Å²) in [6.45, 7) is 1.63. The third-order valence-corrected chi connectivity index (χ3v) is 2.48. The zero-order valence-corrected chi connectivity index (χ0v) is 8.24. The van der Waals surface area contributed by atoms with Crippen LogP contribution in [0.4, 0.5) is 0 Å². The molecule has 1 aliphatic heterocycles. The van der Waals surface area contributed by atoms with Gasteiger partial charge < -0.3 is 19.5 Å². The molecule has 0 saturated carbocycles. The Morgan fingerprint density at radius 3 is 2.69 bits per heavy atom. The SMILES string of the molecule is COC(C(=O)[O-])C1C[NH+](C)CN1C. The zero-order valence-electron chi connectivity index (χ0n) is 8.24. The van der Waals surface area contributed by atoms with Crippen LogP contribution in [0.2, 0.25) is 0 Å². The predicted octanol–water partition coefficient (Wildman–Crippen LogP) is -3.46. The first-order valence-electron chi connectivity index (χ1n) is 4.31. The molecule has 0 aromatic heterocycles. The Morgan fingerprint density at radius 2 is 2.38 bits per heavy atom. The maximum absolute atomic E-state index is 10.7. The fourth-order valence-electron chi connectivity index (χ4n) is 1.87. The van der Waals surface area contributed by atoms with Crippen molar-refractivity contribution < 1.29 is 19.5 Å². The average Bonchev–Trinajstić information content (AvgIpc) is 2.31. The molecule has 0 amide bonds. The van der Waals surface area contributed by atoms with E-state index in [9.17, 15) is 9.90 Å². The van der Waals surface area contributed by atoms with E-state index in [1.54, 1.807) is 0 Å². The summed E-state index contributed by atoms with van der Waals surface area (Å²) in [5.41, 5.74) is 0. The van der Waals surface area contributed by atoms with Crippen molar-refractivity contribution in [3.05, 3.63) is 0 Å². The number of hydrogen-bond donors (Lipinski definition) is 1. The van der Waals surface area contributed by atoms with Gasteiger partial charge in [0.1, 0.15) is 12.8 Å². The Balaban J connectivity index is 2.64. The molecule has 1 fully saturated rings. The van der Waals surface area contributed by atoms with Gasteiger partial charge in [-0.15, -0.1) is 0 Å². The summed E-state index contributed by atoms with van der Waals surface area (Å²) < 4.78 is 4.90. The van der Waals surface area contributed by atoms with E-state index < -0.39 is 12.1 Å². The third-order valence-electron chi connectivity index (χ3n) is 2.48. The van der Waals surface area contributed by atoms with Crippen LogP contribution in [-0.2, 0) is 9.53 Å². The van der Waals surface area contributed by atoms with Crippen LogP contribution in [-0.4, -0.2) is 57.4 Å². The van der Waals surface area contributed by atoms with Crippen molar-refractivity contribution in [1.82, 2.24) is 4.90 Å². The van der Waals surface area contributed by atoms with E-state index in [4.69, 9.17) is 4.74 Å². The van der Waals surface area contributed by atoms with Crippen LogP contribution in [0.15, 0.2) is 0 Å². The molecule has 1 rings (SSSR count).